The lowest BCUT2D eigenvalue weighted by molar-refractivity contribution is 0.0909. The number of fused-ring (bicyclic) bond motifs is 1. The first-order valence-corrected chi connectivity index (χ1v) is 9.43. The first-order valence-electron chi connectivity index (χ1n) is 8.62. The lowest BCUT2D eigenvalue weighted by atomic mass is 10.2. The van der Waals surface area contributed by atoms with Crippen LogP contribution in [0.4, 0.5) is 13.9 Å². The molecule has 142 valence electrons. The number of benzene rings is 1. The zero-order valence-corrected chi connectivity index (χ0v) is 15.7. The van der Waals surface area contributed by atoms with Gasteiger partial charge >= 0.3 is 0 Å². The number of amides is 1. The van der Waals surface area contributed by atoms with Crippen LogP contribution in [-0.4, -0.2) is 39.9 Å². The van der Waals surface area contributed by atoms with E-state index in [-0.39, 0.29) is 17.5 Å². The number of hydrogen-bond acceptors (Lipinski definition) is 5. The molecule has 0 bridgehead atoms. The maximum Gasteiger partial charge on any atom is 0.278 e. The molecule has 1 atom stereocenters. The number of rotatable bonds is 4. The third-order valence-electron chi connectivity index (χ3n) is 4.51. The first-order chi connectivity index (χ1) is 12.9. The van der Waals surface area contributed by atoms with Crippen molar-refractivity contribution in [3.8, 4) is 0 Å². The van der Waals surface area contributed by atoms with Crippen molar-refractivity contribution in [2.45, 2.75) is 25.9 Å². The van der Waals surface area contributed by atoms with Gasteiger partial charge in [-0.05, 0) is 31.9 Å². The minimum atomic E-state index is -0.742. The molecule has 0 spiro atoms. The molecule has 1 amide bonds. The van der Waals surface area contributed by atoms with Crippen molar-refractivity contribution < 1.29 is 18.3 Å². The van der Waals surface area contributed by atoms with E-state index in [1.807, 2.05) is 0 Å². The van der Waals surface area contributed by atoms with Crippen LogP contribution in [0.3, 0.4) is 0 Å². The number of carbonyl (C=O) groups excluding carboxylic acids is 1. The van der Waals surface area contributed by atoms with Crippen LogP contribution in [0, 0.1) is 18.6 Å². The van der Waals surface area contributed by atoms with E-state index < -0.39 is 11.6 Å². The Labute approximate surface area is 158 Å². The predicted octanol–water partition coefficient (Wildman–Crippen LogP) is 3.44. The summed E-state index contributed by atoms with van der Waals surface area (Å²) in [6.45, 7) is 2.75. The van der Waals surface area contributed by atoms with Gasteiger partial charge in [-0.15, -0.1) is 0 Å². The molecule has 3 aromatic rings. The first kappa shape index (κ1) is 18.0. The number of thiazole rings is 1. The van der Waals surface area contributed by atoms with Crippen molar-refractivity contribution in [3.05, 3.63) is 41.2 Å². The van der Waals surface area contributed by atoms with E-state index in [0.717, 1.165) is 35.9 Å². The van der Waals surface area contributed by atoms with Crippen LogP contribution in [0.25, 0.3) is 10.2 Å². The molecule has 4 rings (SSSR count). The fraction of sp³-hybridized carbons (Fsp3) is 0.389. The second kappa shape index (κ2) is 6.97. The number of halogens is 2. The molecule has 1 aromatic carbocycles. The van der Waals surface area contributed by atoms with Gasteiger partial charge in [-0.25, -0.2) is 13.8 Å². The second-order valence-corrected chi connectivity index (χ2v) is 7.59. The molecule has 3 heterocycles. The van der Waals surface area contributed by atoms with Crippen molar-refractivity contribution in [1.29, 1.82) is 0 Å². The quantitative estimate of drug-likeness (QED) is 0.682. The van der Waals surface area contributed by atoms with Crippen molar-refractivity contribution >= 4 is 32.6 Å². The van der Waals surface area contributed by atoms with E-state index in [0.29, 0.717) is 28.7 Å². The zero-order valence-electron chi connectivity index (χ0n) is 14.9. The summed E-state index contributed by atoms with van der Waals surface area (Å²) in [6, 6.07) is 3.71. The second-order valence-electron chi connectivity index (χ2n) is 6.58. The Bertz CT molecular complexity index is 1010. The van der Waals surface area contributed by atoms with Gasteiger partial charge in [0.15, 0.2) is 10.9 Å². The molecule has 0 saturated carbocycles. The van der Waals surface area contributed by atoms with Gasteiger partial charge in [-0.3, -0.25) is 14.4 Å². The molecule has 0 N–H and O–H groups in total. The summed E-state index contributed by atoms with van der Waals surface area (Å²) in [5.74, 6) is -1.71. The van der Waals surface area contributed by atoms with Crippen LogP contribution >= 0.6 is 11.3 Å². The smallest absolute Gasteiger partial charge is 0.278 e. The largest absolute Gasteiger partial charge is 0.376 e. The van der Waals surface area contributed by atoms with Gasteiger partial charge in [0, 0.05) is 19.7 Å². The molecule has 2 aromatic heterocycles. The minimum absolute atomic E-state index is 0.0581. The molecule has 0 aliphatic carbocycles. The van der Waals surface area contributed by atoms with Crippen LogP contribution in [0.1, 0.15) is 29.0 Å². The summed E-state index contributed by atoms with van der Waals surface area (Å²) >= 11 is 1.08. The predicted molar refractivity (Wildman–Crippen MR) is 98.1 cm³/mol. The van der Waals surface area contributed by atoms with E-state index >= 15 is 0 Å². The maximum absolute atomic E-state index is 14.1. The summed E-state index contributed by atoms with van der Waals surface area (Å²) in [7, 11) is 1.69. The van der Waals surface area contributed by atoms with Crippen molar-refractivity contribution in [3.63, 3.8) is 0 Å². The molecule has 1 saturated heterocycles. The van der Waals surface area contributed by atoms with Gasteiger partial charge in [-0.1, -0.05) is 11.3 Å². The number of hydrogen-bond donors (Lipinski definition) is 0. The number of anilines is 1. The van der Waals surface area contributed by atoms with Crippen molar-refractivity contribution in [2.24, 2.45) is 7.05 Å². The molecule has 9 heteroatoms. The van der Waals surface area contributed by atoms with E-state index in [4.69, 9.17) is 4.74 Å². The lowest BCUT2D eigenvalue weighted by Gasteiger charge is -2.22. The van der Waals surface area contributed by atoms with Gasteiger partial charge < -0.3 is 4.74 Å². The maximum atomic E-state index is 14.1. The Kier molecular flexibility index (Phi) is 4.65. The van der Waals surface area contributed by atoms with E-state index in [9.17, 15) is 13.6 Å². The Morgan fingerprint density at radius 3 is 2.89 bits per heavy atom. The minimum Gasteiger partial charge on any atom is -0.376 e. The van der Waals surface area contributed by atoms with Gasteiger partial charge in [0.2, 0.25) is 0 Å². The van der Waals surface area contributed by atoms with E-state index in [1.165, 1.54) is 15.6 Å². The average molecular weight is 392 g/mol. The fourth-order valence-corrected chi connectivity index (χ4v) is 4.26. The SMILES string of the molecule is Cc1cc(C(=O)N(CC2CCCO2)c2nc3c(F)cc(F)cc3s2)n(C)n1. The normalized spacial score (nSPS) is 17.0. The third kappa shape index (κ3) is 3.44. The van der Waals surface area contributed by atoms with Crippen LogP contribution < -0.4 is 4.90 Å². The third-order valence-corrected chi connectivity index (χ3v) is 5.53. The Morgan fingerprint density at radius 1 is 1.41 bits per heavy atom. The molecule has 1 aliphatic heterocycles. The number of ether oxygens (including phenoxy) is 1. The number of carbonyl (C=O) groups is 1. The number of aryl methyl sites for hydroxylation is 2. The summed E-state index contributed by atoms with van der Waals surface area (Å²) in [6.07, 6.45) is 1.65. The lowest BCUT2D eigenvalue weighted by Crippen LogP contribution is -2.38. The van der Waals surface area contributed by atoms with Gasteiger partial charge in [0.25, 0.3) is 5.91 Å². The molecule has 1 aliphatic rings. The highest BCUT2D eigenvalue weighted by atomic mass is 32.1. The highest BCUT2D eigenvalue weighted by Crippen LogP contribution is 2.32. The molecule has 1 fully saturated rings. The highest BCUT2D eigenvalue weighted by molar-refractivity contribution is 7.22. The fourth-order valence-electron chi connectivity index (χ4n) is 3.25. The standard InChI is InChI=1S/C18H18F2N4O2S/c1-10-6-14(23(2)22-10)17(25)24(9-12-4-3-5-26-12)18-21-16-13(20)7-11(19)8-15(16)27-18/h6-8,12H,3-5,9H2,1-2H3. The molecule has 27 heavy (non-hydrogen) atoms. The molecule has 1 unspecified atom stereocenters. The Balaban J connectivity index is 1.76. The van der Waals surface area contributed by atoms with E-state index in [1.54, 1.807) is 20.0 Å². The summed E-state index contributed by atoms with van der Waals surface area (Å²) < 4.78 is 35.2. The van der Waals surface area contributed by atoms with Crippen LogP contribution in [0.15, 0.2) is 18.2 Å². The zero-order chi connectivity index (χ0) is 19.1. The molecule has 0 radical (unpaired) electrons. The molecular formula is C18H18F2N4O2S. The summed E-state index contributed by atoms with van der Waals surface area (Å²) in [5, 5.41) is 4.53. The summed E-state index contributed by atoms with van der Waals surface area (Å²) in [5.41, 5.74) is 1.18. The molecular weight excluding hydrogens is 374 g/mol. The number of nitrogens with zero attached hydrogens (tertiary/aromatic N) is 4. The highest BCUT2D eigenvalue weighted by Gasteiger charge is 2.29. The van der Waals surface area contributed by atoms with E-state index in [2.05, 4.69) is 10.1 Å². The Morgan fingerprint density at radius 2 is 2.22 bits per heavy atom. The monoisotopic (exact) mass is 392 g/mol. The molecule has 6 nitrogen and oxygen atoms in total. The topological polar surface area (TPSA) is 60.3 Å². The van der Waals surface area contributed by atoms with Gasteiger partial charge in [0.1, 0.15) is 17.0 Å². The van der Waals surface area contributed by atoms with Crippen molar-refractivity contribution in [1.82, 2.24) is 14.8 Å². The van der Waals surface area contributed by atoms with Gasteiger partial charge in [-0.2, -0.15) is 5.10 Å². The van der Waals surface area contributed by atoms with Crippen LogP contribution in [-0.2, 0) is 11.8 Å². The van der Waals surface area contributed by atoms with Gasteiger partial charge in [0.05, 0.1) is 23.0 Å². The Hall–Kier alpha value is -2.39. The number of aromatic nitrogens is 3. The van der Waals surface area contributed by atoms with Crippen molar-refractivity contribution in [2.75, 3.05) is 18.1 Å². The van der Waals surface area contributed by atoms with Crippen LogP contribution in [0.5, 0.6) is 0 Å². The summed E-state index contributed by atoms with van der Waals surface area (Å²) in [4.78, 5) is 19.0. The van der Waals surface area contributed by atoms with Crippen LogP contribution in [0.2, 0.25) is 0 Å². The average Bonchev–Trinajstić information content (AvgIpc) is 3.32.